The summed E-state index contributed by atoms with van der Waals surface area (Å²) >= 11 is 0. The van der Waals surface area contributed by atoms with E-state index in [9.17, 15) is 35.6 Å². The van der Waals surface area contributed by atoms with Crippen molar-refractivity contribution in [3.63, 3.8) is 0 Å². The van der Waals surface area contributed by atoms with Gasteiger partial charge in [-0.3, -0.25) is 9.78 Å². The minimum absolute atomic E-state index is 0.00621. The predicted molar refractivity (Wildman–Crippen MR) is 105 cm³/mol. The summed E-state index contributed by atoms with van der Waals surface area (Å²) in [5.41, 5.74) is -4.55. The number of fused-ring (bicyclic) bond motifs is 1. The average Bonchev–Trinajstić information content (AvgIpc) is 3.00. The molecular weight excluding hydrogens is 454 g/mol. The van der Waals surface area contributed by atoms with E-state index in [-0.39, 0.29) is 18.8 Å². The molecule has 1 fully saturated rings. The highest BCUT2D eigenvalue weighted by atomic mass is 32.2. The van der Waals surface area contributed by atoms with Crippen LogP contribution < -0.4 is 4.90 Å². The van der Waals surface area contributed by atoms with E-state index >= 15 is 0 Å². The van der Waals surface area contributed by atoms with E-state index in [0.29, 0.717) is 28.6 Å². The van der Waals surface area contributed by atoms with E-state index in [1.54, 1.807) is 6.07 Å². The highest BCUT2D eigenvalue weighted by Gasteiger charge is 2.47. The molecule has 32 heavy (non-hydrogen) atoms. The van der Waals surface area contributed by atoms with Crippen molar-refractivity contribution in [3.8, 4) is 0 Å². The minimum Gasteiger partial charge on any atom is -0.310 e. The lowest BCUT2D eigenvalue weighted by Gasteiger charge is -2.18. The third kappa shape index (κ3) is 3.66. The fraction of sp³-hybridized carbons (Fsp3) is 0.150. The van der Waals surface area contributed by atoms with Crippen molar-refractivity contribution in [1.82, 2.24) is 9.88 Å². The Hall–Kier alpha value is -3.54. The molecule has 1 aliphatic heterocycles. The first kappa shape index (κ1) is 21.7. The molecule has 0 atom stereocenters. The zero-order valence-corrected chi connectivity index (χ0v) is 16.8. The van der Waals surface area contributed by atoms with Crippen molar-refractivity contribution in [1.29, 1.82) is 0 Å². The van der Waals surface area contributed by atoms with Crippen molar-refractivity contribution in [3.05, 3.63) is 66.1 Å². The number of hydrogen-bond acceptors (Lipinski definition) is 5. The zero-order chi connectivity index (χ0) is 23.3. The number of halogens is 4. The normalized spacial score (nSPS) is 15.1. The zero-order valence-electron chi connectivity index (χ0n) is 16.0. The van der Waals surface area contributed by atoms with Crippen LogP contribution in [0.1, 0.15) is 5.56 Å². The molecular formula is C20H13F4N3O4S. The van der Waals surface area contributed by atoms with Crippen LogP contribution in [0.4, 0.5) is 28.0 Å². The maximum Gasteiger partial charge on any atom is 0.501 e. The fourth-order valence-corrected chi connectivity index (χ4v) is 4.12. The van der Waals surface area contributed by atoms with Crippen LogP contribution in [0.3, 0.4) is 0 Å². The lowest BCUT2D eigenvalue weighted by molar-refractivity contribution is -0.116. The maximum atomic E-state index is 13.4. The van der Waals surface area contributed by atoms with Crippen molar-refractivity contribution >= 4 is 38.4 Å². The number of carbonyl (C=O) groups is 2. The van der Waals surface area contributed by atoms with Gasteiger partial charge in [0.15, 0.2) is 0 Å². The number of alkyl halides is 3. The third-order valence-corrected chi connectivity index (χ3v) is 6.41. The number of pyridine rings is 1. The number of imide groups is 1. The van der Waals surface area contributed by atoms with Crippen molar-refractivity contribution in [2.24, 2.45) is 0 Å². The van der Waals surface area contributed by atoms with Crippen molar-refractivity contribution in [2.45, 2.75) is 16.9 Å². The van der Waals surface area contributed by atoms with Crippen molar-refractivity contribution < 1.29 is 35.6 Å². The van der Waals surface area contributed by atoms with E-state index < -0.39 is 38.0 Å². The fourth-order valence-electron chi connectivity index (χ4n) is 3.36. The molecule has 0 radical (unpaired) electrons. The number of nitrogens with zero attached hydrogens (tertiary/aromatic N) is 3. The molecule has 2 aromatic carbocycles. The molecule has 1 aliphatic rings. The summed E-state index contributed by atoms with van der Waals surface area (Å²) in [6, 6.07) is 8.17. The van der Waals surface area contributed by atoms with Crippen LogP contribution >= 0.6 is 0 Å². The lowest BCUT2D eigenvalue weighted by Crippen LogP contribution is -2.33. The first-order chi connectivity index (χ1) is 15.0. The summed E-state index contributed by atoms with van der Waals surface area (Å²) < 4.78 is 74.5. The Morgan fingerprint density at radius 3 is 2.34 bits per heavy atom. The van der Waals surface area contributed by atoms with Gasteiger partial charge in [-0.1, -0.05) is 0 Å². The van der Waals surface area contributed by atoms with Gasteiger partial charge in [-0.25, -0.2) is 22.5 Å². The van der Waals surface area contributed by atoms with Gasteiger partial charge in [0.25, 0.3) is 15.7 Å². The van der Waals surface area contributed by atoms with Crippen LogP contribution in [0.5, 0.6) is 0 Å². The van der Waals surface area contributed by atoms with Crippen LogP contribution in [-0.2, 0) is 21.2 Å². The molecule has 3 amide bonds. The molecule has 1 saturated heterocycles. The Labute approximate surface area is 178 Å². The summed E-state index contributed by atoms with van der Waals surface area (Å²) in [4.78, 5) is 30.3. The molecule has 0 aliphatic carbocycles. The smallest absolute Gasteiger partial charge is 0.310 e. The summed E-state index contributed by atoms with van der Waals surface area (Å²) in [7, 11) is -5.55. The second kappa shape index (κ2) is 7.55. The highest BCUT2D eigenvalue weighted by molar-refractivity contribution is 7.92. The Morgan fingerprint density at radius 1 is 1.00 bits per heavy atom. The molecule has 166 valence electrons. The van der Waals surface area contributed by atoms with Gasteiger partial charge in [0, 0.05) is 24.2 Å². The van der Waals surface area contributed by atoms with Gasteiger partial charge in [0.1, 0.15) is 12.4 Å². The van der Waals surface area contributed by atoms with Gasteiger partial charge < -0.3 is 4.90 Å². The SMILES string of the molecule is O=C1CN(Cc2ccnc3cc(F)ccc23)C(=O)N1c1ccc(S(=O)(=O)C(F)(F)F)cc1. The van der Waals surface area contributed by atoms with E-state index in [1.165, 1.54) is 29.3 Å². The van der Waals surface area contributed by atoms with Crippen LogP contribution in [0.2, 0.25) is 0 Å². The van der Waals surface area contributed by atoms with Gasteiger partial charge >= 0.3 is 11.5 Å². The number of rotatable bonds is 4. The molecule has 0 bridgehead atoms. The van der Waals surface area contributed by atoms with E-state index in [0.717, 1.165) is 17.0 Å². The van der Waals surface area contributed by atoms with Gasteiger partial charge in [0.2, 0.25) is 0 Å². The average molecular weight is 467 g/mol. The van der Waals surface area contributed by atoms with E-state index in [2.05, 4.69) is 4.98 Å². The van der Waals surface area contributed by atoms with E-state index in [1.807, 2.05) is 0 Å². The van der Waals surface area contributed by atoms with Gasteiger partial charge in [0.05, 0.1) is 16.1 Å². The monoisotopic (exact) mass is 467 g/mol. The second-order valence-corrected chi connectivity index (χ2v) is 8.88. The molecule has 0 N–H and O–H groups in total. The largest absolute Gasteiger partial charge is 0.501 e. The number of anilines is 1. The quantitative estimate of drug-likeness (QED) is 0.432. The number of sulfone groups is 1. The molecule has 0 saturated carbocycles. The number of benzene rings is 2. The minimum atomic E-state index is -5.55. The highest BCUT2D eigenvalue weighted by Crippen LogP contribution is 2.32. The van der Waals surface area contributed by atoms with Crippen LogP contribution in [0.15, 0.2) is 59.6 Å². The standard InChI is InChI=1S/C20H13F4N3O4S/c21-13-1-6-16-12(7-8-25-17(16)9-13)10-26-11-18(28)27(19(26)29)14-2-4-15(5-3-14)32(30,31)20(22,23)24/h1-9H,10-11H2. The Kier molecular flexibility index (Phi) is 5.12. The van der Waals surface area contributed by atoms with Crippen LogP contribution in [-0.4, -0.2) is 42.3 Å². The number of aromatic nitrogens is 1. The molecule has 2 heterocycles. The van der Waals surface area contributed by atoms with Gasteiger partial charge in [-0.05, 0) is 48.0 Å². The molecule has 0 spiro atoms. The molecule has 3 aromatic rings. The summed E-state index contributed by atoms with van der Waals surface area (Å²) in [5, 5.41) is 0.592. The molecule has 4 rings (SSSR count). The Morgan fingerprint density at radius 2 is 1.69 bits per heavy atom. The number of carbonyl (C=O) groups excluding carboxylic acids is 2. The second-order valence-electron chi connectivity index (χ2n) is 6.94. The van der Waals surface area contributed by atoms with Crippen molar-refractivity contribution in [2.75, 3.05) is 11.4 Å². The number of urea groups is 1. The van der Waals surface area contributed by atoms with E-state index in [4.69, 9.17) is 0 Å². The predicted octanol–water partition coefficient (Wildman–Crippen LogP) is 3.64. The Bertz CT molecular complexity index is 1340. The molecule has 12 heteroatoms. The number of hydrogen-bond donors (Lipinski definition) is 0. The van der Waals surface area contributed by atoms with Gasteiger partial charge in [-0.2, -0.15) is 13.2 Å². The number of amides is 3. The van der Waals surface area contributed by atoms with Crippen LogP contribution in [0, 0.1) is 5.82 Å². The molecule has 7 nitrogen and oxygen atoms in total. The summed E-state index contributed by atoms with van der Waals surface area (Å²) in [6.45, 7) is -0.293. The first-order valence-electron chi connectivity index (χ1n) is 9.05. The first-order valence-corrected chi connectivity index (χ1v) is 10.5. The maximum absolute atomic E-state index is 13.4. The topological polar surface area (TPSA) is 87.7 Å². The molecule has 1 aromatic heterocycles. The molecule has 0 unspecified atom stereocenters. The Balaban J connectivity index is 1.59. The summed E-state index contributed by atoms with van der Waals surface area (Å²) in [6.07, 6.45) is 1.44. The van der Waals surface area contributed by atoms with Gasteiger partial charge in [-0.15, -0.1) is 0 Å². The third-order valence-electron chi connectivity index (χ3n) is 4.90. The lowest BCUT2D eigenvalue weighted by atomic mass is 10.1. The van der Waals surface area contributed by atoms with Crippen LogP contribution in [0.25, 0.3) is 10.9 Å². The summed E-state index contributed by atoms with van der Waals surface area (Å²) in [5.74, 6) is -1.11.